The third kappa shape index (κ3) is 4.17. The van der Waals surface area contributed by atoms with Gasteiger partial charge in [-0.1, -0.05) is 12.1 Å². The van der Waals surface area contributed by atoms with Gasteiger partial charge in [-0.3, -0.25) is 9.59 Å². The van der Waals surface area contributed by atoms with Gasteiger partial charge in [-0.25, -0.2) is 0 Å². The first-order chi connectivity index (χ1) is 11.0. The van der Waals surface area contributed by atoms with E-state index in [1.54, 1.807) is 24.3 Å². The van der Waals surface area contributed by atoms with Crippen molar-refractivity contribution in [3.63, 3.8) is 0 Å². The number of nitrogens with two attached hydrogens (primary N) is 1. The molecule has 0 heterocycles. The number of carbonyl (C=O) groups excluding carboxylic acids is 2. The van der Waals surface area contributed by atoms with Gasteiger partial charge >= 0.3 is 0 Å². The Morgan fingerprint density at radius 2 is 1.87 bits per heavy atom. The highest BCUT2D eigenvalue weighted by atomic mass is 16.2. The van der Waals surface area contributed by atoms with Crippen LogP contribution in [0, 0.1) is 18.3 Å². The number of rotatable bonds is 5. The molecule has 0 aromatic heterocycles. The molecular weight excluding hydrogens is 290 g/mol. The van der Waals surface area contributed by atoms with Crippen molar-refractivity contribution in [2.24, 2.45) is 5.73 Å². The van der Waals surface area contributed by atoms with E-state index in [0.717, 1.165) is 5.56 Å². The van der Waals surface area contributed by atoms with Crippen LogP contribution in [0.2, 0.25) is 0 Å². The fourth-order valence-corrected chi connectivity index (χ4v) is 2.21. The zero-order valence-corrected chi connectivity index (χ0v) is 12.8. The maximum Gasteiger partial charge on any atom is 0.258 e. The minimum Gasteiger partial charge on any atom is -0.370 e. The summed E-state index contributed by atoms with van der Waals surface area (Å²) in [5, 5.41) is 8.83. The van der Waals surface area contributed by atoms with Gasteiger partial charge in [0, 0.05) is 24.2 Å². The van der Waals surface area contributed by atoms with Crippen LogP contribution in [0.3, 0.4) is 0 Å². The van der Waals surface area contributed by atoms with Gasteiger partial charge in [0.2, 0.25) is 5.91 Å². The molecule has 2 N–H and O–H groups in total. The molecule has 23 heavy (non-hydrogen) atoms. The Kier molecular flexibility index (Phi) is 5.11. The summed E-state index contributed by atoms with van der Waals surface area (Å²) >= 11 is 0. The molecule has 0 spiro atoms. The lowest BCUT2D eigenvalue weighted by Gasteiger charge is -2.23. The summed E-state index contributed by atoms with van der Waals surface area (Å²) in [4.78, 5) is 25.4. The molecule has 5 heteroatoms. The fourth-order valence-electron chi connectivity index (χ4n) is 2.21. The lowest BCUT2D eigenvalue weighted by Crippen LogP contribution is -2.34. The Morgan fingerprint density at radius 1 is 1.17 bits per heavy atom. The molecule has 0 aliphatic carbocycles. The van der Waals surface area contributed by atoms with E-state index < -0.39 is 5.91 Å². The third-order valence-electron chi connectivity index (χ3n) is 3.40. The number of primary amides is 1. The Bertz CT molecular complexity index is 761. The van der Waals surface area contributed by atoms with Gasteiger partial charge in [0.25, 0.3) is 5.91 Å². The standard InChI is InChI=1S/C18H17N3O2/c1-13-3-2-4-16(11-13)21(10-9-17(20)22)18(23)15-7-5-14(12-19)6-8-15/h2-8,11H,9-10H2,1H3,(H2,20,22). The normalized spacial score (nSPS) is 9.91. The average molecular weight is 307 g/mol. The predicted molar refractivity (Wildman–Crippen MR) is 87.8 cm³/mol. The first kappa shape index (κ1) is 16.2. The first-order valence-electron chi connectivity index (χ1n) is 7.18. The van der Waals surface area contributed by atoms with Crippen LogP contribution in [0.1, 0.15) is 27.9 Å². The topological polar surface area (TPSA) is 87.2 Å². The van der Waals surface area contributed by atoms with Crippen LogP contribution in [0.25, 0.3) is 0 Å². The summed E-state index contributed by atoms with van der Waals surface area (Å²) in [5.41, 5.74) is 7.88. The van der Waals surface area contributed by atoms with Gasteiger partial charge in [-0.15, -0.1) is 0 Å². The number of nitriles is 1. The maximum absolute atomic E-state index is 12.8. The van der Waals surface area contributed by atoms with E-state index in [1.807, 2.05) is 37.3 Å². The van der Waals surface area contributed by atoms with Crippen molar-refractivity contribution in [3.8, 4) is 6.07 Å². The van der Waals surface area contributed by atoms with Crippen molar-refractivity contribution in [2.45, 2.75) is 13.3 Å². The van der Waals surface area contributed by atoms with Gasteiger partial charge in [-0.2, -0.15) is 5.26 Å². The lowest BCUT2D eigenvalue weighted by molar-refractivity contribution is -0.117. The Labute approximate surface area is 134 Å². The average Bonchev–Trinajstić information content (AvgIpc) is 2.55. The van der Waals surface area contributed by atoms with Crippen molar-refractivity contribution < 1.29 is 9.59 Å². The maximum atomic E-state index is 12.8. The molecule has 0 aliphatic rings. The molecule has 0 radical (unpaired) electrons. The number of amides is 2. The van der Waals surface area contributed by atoms with Crippen molar-refractivity contribution in [1.82, 2.24) is 0 Å². The van der Waals surface area contributed by atoms with E-state index in [9.17, 15) is 9.59 Å². The predicted octanol–water partition coefficient (Wildman–Crippen LogP) is 2.39. The molecule has 116 valence electrons. The number of carbonyl (C=O) groups is 2. The molecule has 0 bridgehead atoms. The zero-order valence-electron chi connectivity index (χ0n) is 12.8. The monoisotopic (exact) mass is 307 g/mol. The minimum atomic E-state index is -0.463. The number of nitrogens with zero attached hydrogens (tertiary/aromatic N) is 2. The van der Waals surface area contributed by atoms with Crippen LogP contribution in [0.5, 0.6) is 0 Å². The summed E-state index contributed by atoms with van der Waals surface area (Å²) in [6.07, 6.45) is 0.0793. The van der Waals surface area contributed by atoms with Gasteiger partial charge in [0.05, 0.1) is 11.6 Å². The second kappa shape index (κ2) is 7.23. The molecule has 2 amide bonds. The molecule has 0 unspecified atom stereocenters. The highest BCUT2D eigenvalue weighted by molar-refractivity contribution is 6.06. The minimum absolute atomic E-state index is 0.0793. The third-order valence-corrected chi connectivity index (χ3v) is 3.40. The van der Waals surface area contributed by atoms with E-state index >= 15 is 0 Å². The first-order valence-corrected chi connectivity index (χ1v) is 7.18. The molecule has 2 rings (SSSR count). The van der Waals surface area contributed by atoms with Crippen LogP contribution in [0.4, 0.5) is 5.69 Å². The van der Waals surface area contributed by atoms with Crippen molar-refractivity contribution in [1.29, 1.82) is 5.26 Å². The fraction of sp³-hybridized carbons (Fsp3) is 0.167. The van der Waals surface area contributed by atoms with Gasteiger partial charge in [0.1, 0.15) is 0 Å². The van der Waals surface area contributed by atoms with E-state index in [-0.39, 0.29) is 18.9 Å². The van der Waals surface area contributed by atoms with Crippen LogP contribution in [-0.2, 0) is 4.79 Å². The second-order valence-corrected chi connectivity index (χ2v) is 5.20. The van der Waals surface area contributed by atoms with Gasteiger partial charge in [0.15, 0.2) is 0 Å². The Balaban J connectivity index is 2.33. The smallest absolute Gasteiger partial charge is 0.258 e. The van der Waals surface area contributed by atoms with Gasteiger partial charge < -0.3 is 10.6 Å². The largest absolute Gasteiger partial charge is 0.370 e. The Morgan fingerprint density at radius 3 is 2.43 bits per heavy atom. The quantitative estimate of drug-likeness (QED) is 0.920. The van der Waals surface area contributed by atoms with Crippen LogP contribution < -0.4 is 10.6 Å². The number of aryl methyl sites for hydroxylation is 1. The van der Waals surface area contributed by atoms with Crippen molar-refractivity contribution >= 4 is 17.5 Å². The van der Waals surface area contributed by atoms with E-state index in [2.05, 4.69) is 0 Å². The van der Waals surface area contributed by atoms with E-state index in [4.69, 9.17) is 11.0 Å². The highest BCUT2D eigenvalue weighted by Gasteiger charge is 2.18. The Hall–Kier alpha value is -3.13. The van der Waals surface area contributed by atoms with E-state index in [0.29, 0.717) is 16.8 Å². The number of benzene rings is 2. The van der Waals surface area contributed by atoms with Crippen molar-refractivity contribution in [2.75, 3.05) is 11.4 Å². The summed E-state index contributed by atoms with van der Waals surface area (Å²) < 4.78 is 0. The molecular formula is C18H17N3O2. The molecule has 5 nitrogen and oxygen atoms in total. The summed E-state index contributed by atoms with van der Waals surface area (Å²) in [7, 11) is 0. The number of anilines is 1. The van der Waals surface area contributed by atoms with Crippen LogP contribution >= 0.6 is 0 Å². The van der Waals surface area contributed by atoms with E-state index in [1.165, 1.54) is 4.90 Å². The highest BCUT2D eigenvalue weighted by Crippen LogP contribution is 2.19. The molecule has 0 saturated heterocycles. The number of hydrogen-bond donors (Lipinski definition) is 1. The summed E-state index contributed by atoms with van der Waals surface area (Å²) in [6, 6.07) is 15.9. The molecule has 2 aromatic carbocycles. The molecule has 0 atom stereocenters. The van der Waals surface area contributed by atoms with Crippen molar-refractivity contribution in [3.05, 3.63) is 65.2 Å². The second-order valence-electron chi connectivity index (χ2n) is 5.20. The molecule has 0 aliphatic heterocycles. The number of hydrogen-bond acceptors (Lipinski definition) is 3. The molecule has 0 saturated carbocycles. The molecule has 0 fully saturated rings. The van der Waals surface area contributed by atoms with Crippen LogP contribution in [0.15, 0.2) is 48.5 Å². The lowest BCUT2D eigenvalue weighted by atomic mass is 10.1. The van der Waals surface area contributed by atoms with Gasteiger partial charge in [-0.05, 0) is 48.9 Å². The molecule has 2 aromatic rings. The zero-order chi connectivity index (χ0) is 16.8. The summed E-state index contributed by atoms with van der Waals surface area (Å²) in [6.45, 7) is 2.14. The summed E-state index contributed by atoms with van der Waals surface area (Å²) in [5.74, 6) is -0.698. The van der Waals surface area contributed by atoms with Crippen LogP contribution in [-0.4, -0.2) is 18.4 Å². The SMILES string of the molecule is Cc1cccc(N(CCC(N)=O)C(=O)c2ccc(C#N)cc2)c1.